The number of amides is 1. The summed E-state index contributed by atoms with van der Waals surface area (Å²) < 4.78 is 44.5. The van der Waals surface area contributed by atoms with Gasteiger partial charge in [0, 0.05) is 10.5 Å². The smallest absolute Gasteiger partial charge is 0.416 e. The fourth-order valence-electron chi connectivity index (χ4n) is 2.72. The third-order valence-electron chi connectivity index (χ3n) is 4.24. The van der Waals surface area contributed by atoms with Crippen molar-refractivity contribution < 1.29 is 27.5 Å². The van der Waals surface area contributed by atoms with Crippen molar-refractivity contribution in [2.45, 2.75) is 17.2 Å². The Balaban J connectivity index is 1.77. The molecule has 0 unspecified atom stereocenters. The molecule has 0 spiro atoms. The normalized spacial score (nSPS) is 12.1. The number of hydrogen-bond acceptors (Lipinski definition) is 4. The lowest BCUT2D eigenvalue weighted by molar-refractivity contribution is -0.152. The van der Waals surface area contributed by atoms with E-state index in [1.165, 1.54) is 11.8 Å². The number of alkyl halides is 3. The predicted octanol–water partition coefficient (Wildman–Crippen LogP) is 6.37. The van der Waals surface area contributed by atoms with E-state index >= 15 is 0 Å². The Kier molecular flexibility index (Phi) is 7.82. The van der Waals surface area contributed by atoms with Gasteiger partial charge in [0.25, 0.3) is 5.91 Å². The molecule has 0 saturated heterocycles. The Labute approximate surface area is 191 Å². The van der Waals surface area contributed by atoms with Crippen LogP contribution in [0.1, 0.15) is 17.2 Å². The molecule has 4 nitrogen and oxygen atoms in total. The van der Waals surface area contributed by atoms with Gasteiger partial charge in [-0.25, -0.2) is 0 Å². The van der Waals surface area contributed by atoms with Crippen LogP contribution in [0.2, 0.25) is 5.02 Å². The summed E-state index contributed by atoms with van der Waals surface area (Å²) in [6.45, 7) is 0. The standard InChI is InChI=1S/C23H17ClF3NO3S/c24-18-12-11-16(23(25,26)27)13-19(18)28-22(30)21(15-7-3-1-4-8-15)31-20(29)14-32-17-9-5-2-6-10-17/h1-13,21H,14H2,(H,28,30)/t21-/m1/s1. The third-order valence-corrected chi connectivity index (χ3v) is 5.56. The zero-order chi connectivity index (χ0) is 23.1. The molecule has 1 N–H and O–H groups in total. The molecule has 32 heavy (non-hydrogen) atoms. The van der Waals surface area contributed by atoms with Gasteiger partial charge in [-0.2, -0.15) is 13.2 Å². The maximum absolute atomic E-state index is 13.0. The average Bonchev–Trinajstić information content (AvgIpc) is 2.78. The van der Waals surface area contributed by atoms with E-state index in [0.29, 0.717) is 5.56 Å². The molecule has 3 rings (SSSR count). The molecule has 0 aliphatic carbocycles. The first kappa shape index (κ1) is 23.7. The highest BCUT2D eigenvalue weighted by Gasteiger charge is 2.32. The summed E-state index contributed by atoms with van der Waals surface area (Å²) in [6, 6.07) is 19.9. The molecule has 0 aliphatic rings. The van der Waals surface area contributed by atoms with Crippen molar-refractivity contribution >= 4 is 40.9 Å². The van der Waals surface area contributed by atoms with E-state index < -0.39 is 29.7 Å². The zero-order valence-corrected chi connectivity index (χ0v) is 18.0. The van der Waals surface area contributed by atoms with Crippen LogP contribution in [0.25, 0.3) is 0 Å². The molecule has 0 fully saturated rings. The van der Waals surface area contributed by atoms with Crippen LogP contribution in [-0.2, 0) is 20.5 Å². The van der Waals surface area contributed by atoms with Crippen molar-refractivity contribution in [1.82, 2.24) is 0 Å². The summed E-state index contributed by atoms with van der Waals surface area (Å²) in [4.78, 5) is 26.2. The van der Waals surface area contributed by atoms with Crippen molar-refractivity contribution in [3.05, 3.63) is 95.0 Å². The second-order valence-electron chi connectivity index (χ2n) is 6.56. The SMILES string of the molecule is O=C(CSc1ccccc1)O[C@@H](C(=O)Nc1cc(C(F)(F)F)ccc1Cl)c1ccccc1. The number of nitrogens with one attached hydrogen (secondary N) is 1. The lowest BCUT2D eigenvalue weighted by atomic mass is 10.1. The van der Waals surface area contributed by atoms with Gasteiger partial charge in [-0.05, 0) is 30.3 Å². The number of carbonyl (C=O) groups is 2. The number of ether oxygens (including phenoxy) is 1. The second kappa shape index (κ2) is 10.6. The number of anilines is 1. The Bertz CT molecular complexity index is 1080. The Morgan fingerprint density at radius 2 is 1.59 bits per heavy atom. The Morgan fingerprint density at radius 1 is 0.969 bits per heavy atom. The fraction of sp³-hybridized carbons (Fsp3) is 0.130. The second-order valence-corrected chi connectivity index (χ2v) is 8.02. The van der Waals surface area contributed by atoms with Gasteiger partial charge < -0.3 is 10.1 Å². The number of esters is 1. The fourth-order valence-corrected chi connectivity index (χ4v) is 3.59. The van der Waals surface area contributed by atoms with Gasteiger partial charge in [0.1, 0.15) is 0 Å². The lowest BCUT2D eigenvalue weighted by Crippen LogP contribution is -2.26. The van der Waals surface area contributed by atoms with Crippen LogP contribution in [0.5, 0.6) is 0 Å². The van der Waals surface area contributed by atoms with Crippen molar-refractivity contribution in [1.29, 1.82) is 0 Å². The molecule has 0 saturated carbocycles. The highest BCUT2D eigenvalue weighted by atomic mass is 35.5. The van der Waals surface area contributed by atoms with Gasteiger partial charge in [-0.3, -0.25) is 9.59 Å². The van der Waals surface area contributed by atoms with Crippen LogP contribution in [0.15, 0.2) is 83.8 Å². The summed E-state index contributed by atoms with van der Waals surface area (Å²) in [6.07, 6.45) is -5.98. The molecular formula is C23H17ClF3NO3S. The largest absolute Gasteiger partial charge is 0.447 e. The van der Waals surface area contributed by atoms with Crippen molar-refractivity contribution in [2.75, 3.05) is 11.1 Å². The van der Waals surface area contributed by atoms with E-state index in [4.69, 9.17) is 16.3 Å². The molecule has 0 heterocycles. The van der Waals surface area contributed by atoms with E-state index in [1.54, 1.807) is 30.3 Å². The van der Waals surface area contributed by atoms with Gasteiger partial charge >= 0.3 is 12.1 Å². The minimum absolute atomic E-state index is 0.0507. The van der Waals surface area contributed by atoms with Crippen molar-refractivity contribution in [3.8, 4) is 0 Å². The molecule has 3 aromatic carbocycles. The van der Waals surface area contributed by atoms with E-state index in [-0.39, 0.29) is 16.5 Å². The maximum Gasteiger partial charge on any atom is 0.416 e. The molecule has 166 valence electrons. The van der Waals surface area contributed by atoms with Crippen LogP contribution >= 0.6 is 23.4 Å². The van der Waals surface area contributed by atoms with Gasteiger partial charge in [-0.1, -0.05) is 60.1 Å². The summed E-state index contributed by atoms with van der Waals surface area (Å²) in [5.74, 6) is -1.53. The predicted molar refractivity (Wildman–Crippen MR) is 118 cm³/mol. The molecule has 1 amide bonds. The third kappa shape index (κ3) is 6.51. The van der Waals surface area contributed by atoms with E-state index in [1.807, 2.05) is 30.3 Å². The summed E-state index contributed by atoms with van der Waals surface area (Å²) >= 11 is 7.21. The minimum atomic E-state index is -4.61. The maximum atomic E-state index is 13.0. The van der Waals surface area contributed by atoms with Crippen LogP contribution in [0.3, 0.4) is 0 Å². The molecule has 9 heteroatoms. The Morgan fingerprint density at radius 3 is 2.22 bits per heavy atom. The lowest BCUT2D eigenvalue weighted by Gasteiger charge is -2.19. The van der Waals surface area contributed by atoms with Gasteiger partial charge in [-0.15, -0.1) is 11.8 Å². The highest BCUT2D eigenvalue weighted by molar-refractivity contribution is 8.00. The number of carbonyl (C=O) groups excluding carboxylic acids is 2. The number of hydrogen-bond donors (Lipinski definition) is 1. The van der Waals surface area contributed by atoms with E-state index in [0.717, 1.165) is 23.1 Å². The van der Waals surface area contributed by atoms with Gasteiger partial charge in [0.15, 0.2) is 0 Å². The quantitative estimate of drug-likeness (QED) is 0.316. The average molecular weight is 480 g/mol. The highest BCUT2D eigenvalue weighted by Crippen LogP contribution is 2.34. The monoisotopic (exact) mass is 479 g/mol. The zero-order valence-electron chi connectivity index (χ0n) is 16.4. The molecular weight excluding hydrogens is 463 g/mol. The molecule has 3 aromatic rings. The van der Waals surface area contributed by atoms with Crippen LogP contribution < -0.4 is 5.32 Å². The first-order chi connectivity index (χ1) is 15.2. The number of halogens is 4. The first-order valence-electron chi connectivity index (χ1n) is 9.34. The van der Waals surface area contributed by atoms with Crippen molar-refractivity contribution in [3.63, 3.8) is 0 Å². The van der Waals surface area contributed by atoms with E-state index in [2.05, 4.69) is 5.32 Å². The number of thioether (sulfide) groups is 1. The molecule has 0 aliphatic heterocycles. The van der Waals surface area contributed by atoms with Crippen LogP contribution in [-0.4, -0.2) is 17.6 Å². The summed E-state index contributed by atoms with van der Waals surface area (Å²) in [5, 5.41) is 2.27. The summed E-state index contributed by atoms with van der Waals surface area (Å²) in [7, 11) is 0. The van der Waals surface area contributed by atoms with Crippen molar-refractivity contribution in [2.24, 2.45) is 0 Å². The molecule has 0 aromatic heterocycles. The minimum Gasteiger partial charge on any atom is -0.447 e. The summed E-state index contributed by atoms with van der Waals surface area (Å²) in [5.41, 5.74) is -0.835. The molecule has 1 atom stereocenters. The number of benzene rings is 3. The molecule has 0 bridgehead atoms. The molecule has 0 radical (unpaired) electrons. The Hall–Kier alpha value is -2.97. The van der Waals surface area contributed by atoms with Crippen LogP contribution in [0, 0.1) is 0 Å². The van der Waals surface area contributed by atoms with E-state index in [9.17, 15) is 22.8 Å². The topological polar surface area (TPSA) is 55.4 Å². The van der Waals surface area contributed by atoms with Gasteiger partial charge in [0.2, 0.25) is 6.10 Å². The first-order valence-corrected chi connectivity index (χ1v) is 10.7. The van der Waals surface area contributed by atoms with Crippen LogP contribution in [0.4, 0.5) is 18.9 Å². The number of rotatable bonds is 7. The van der Waals surface area contributed by atoms with Gasteiger partial charge in [0.05, 0.1) is 22.0 Å².